The molecule has 6 heteroatoms. The van der Waals surface area contributed by atoms with Crippen molar-refractivity contribution in [2.75, 3.05) is 31.1 Å². The van der Waals surface area contributed by atoms with Crippen LogP contribution in [0.25, 0.3) is 5.52 Å². The highest BCUT2D eigenvalue weighted by molar-refractivity contribution is 6.34. The van der Waals surface area contributed by atoms with Crippen LogP contribution >= 0.6 is 11.6 Å². The van der Waals surface area contributed by atoms with Gasteiger partial charge in [0.2, 0.25) is 0 Å². The summed E-state index contributed by atoms with van der Waals surface area (Å²) in [5, 5.41) is 0.714. The molecular weight excluding hydrogens is 310 g/mol. The molecule has 1 aliphatic heterocycles. The molecule has 0 spiro atoms. The van der Waals surface area contributed by atoms with Crippen molar-refractivity contribution in [1.29, 1.82) is 0 Å². The van der Waals surface area contributed by atoms with E-state index in [1.165, 1.54) is 19.3 Å². The summed E-state index contributed by atoms with van der Waals surface area (Å²) in [6.07, 6.45) is 7.81. The van der Waals surface area contributed by atoms with E-state index in [2.05, 4.69) is 19.2 Å². The van der Waals surface area contributed by atoms with E-state index in [9.17, 15) is 0 Å². The Labute approximate surface area is 142 Å². The Hall–Kier alpha value is -1.30. The molecule has 0 bridgehead atoms. The van der Waals surface area contributed by atoms with Gasteiger partial charge in [0.05, 0.1) is 16.7 Å². The van der Waals surface area contributed by atoms with Gasteiger partial charge in [-0.15, -0.1) is 0 Å². The molecule has 2 N–H and O–H groups in total. The van der Waals surface area contributed by atoms with Crippen LogP contribution in [0.5, 0.6) is 0 Å². The first kappa shape index (κ1) is 15.2. The quantitative estimate of drug-likeness (QED) is 0.938. The van der Waals surface area contributed by atoms with Crippen LogP contribution in [-0.4, -0.2) is 46.5 Å². The van der Waals surface area contributed by atoms with E-state index in [-0.39, 0.29) is 6.04 Å². The van der Waals surface area contributed by atoms with Gasteiger partial charge in [-0.05, 0) is 25.8 Å². The number of hydrogen-bond donors (Lipinski definition) is 1. The minimum absolute atomic E-state index is 0.0565. The van der Waals surface area contributed by atoms with Crippen molar-refractivity contribution >= 4 is 22.9 Å². The van der Waals surface area contributed by atoms with Crippen molar-refractivity contribution < 1.29 is 0 Å². The zero-order valence-corrected chi connectivity index (χ0v) is 14.3. The van der Waals surface area contributed by atoms with E-state index < -0.39 is 0 Å². The normalized spacial score (nSPS) is 21.6. The zero-order chi connectivity index (χ0) is 16.0. The Morgan fingerprint density at radius 1 is 1.26 bits per heavy atom. The van der Waals surface area contributed by atoms with Crippen molar-refractivity contribution in [2.24, 2.45) is 5.73 Å². The summed E-state index contributed by atoms with van der Waals surface area (Å²) in [7, 11) is 0. The molecule has 1 saturated heterocycles. The summed E-state index contributed by atoms with van der Waals surface area (Å²) in [4.78, 5) is 9.37. The molecule has 2 fully saturated rings. The van der Waals surface area contributed by atoms with E-state index in [4.69, 9.17) is 17.3 Å². The highest BCUT2D eigenvalue weighted by Gasteiger charge is 2.29. The summed E-state index contributed by atoms with van der Waals surface area (Å²) in [6, 6.07) is 2.78. The van der Waals surface area contributed by atoms with Crippen LogP contribution in [-0.2, 0) is 0 Å². The van der Waals surface area contributed by atoms with Gasteiger partial charge >= 0.3 is 0 Å². The zero-order valence-electron chi connectivity index (χ0n) is 13.6. The number of rotatable bonds is 3. The molecule has 2 aliphatic rings. The average molecular weight is 334 g/mol. The fourth-order valence-electron chi connectivity index (χ4n) is 3.78. The van der Waals surface area contributed by atoms with Crippen LogP contribution in [0.15, 0.2) is 18.6 Å². The molecule has 1 aliphatic carbocycles. The van der Waals surface area contributed by atoms with Crippen LogP contribution in [0.2, 0.25) is 5.02 Å². The first-order valence-corrected chi connectivity index (χ1v) is 8.92. The molecule has 3 heterocycles. The number of halogens is 1. The van der Waals surface area contributed by atoms with Crippen LogP contribution in [0, 0.1) is 0 Å². The number of pyridine rings is 1. The van der Waals surface area contributed by atoms with E-state index in [0.717, 1.165) is 49.1 Å². The standard InChI is InChI=1S/C17H24ClN5/c1-12(19)14-9-15(18)16-10-20-11-23(16)17(14)22-7-5-21(6-8-22)13-3-2-4-13/h9-13H,2-8,19H2,1H3. The van der Waals surface area contributed by atoms with E-state index in [0.29, 0.717) is 5.02 Å². The predicted molar refractivity (Wildman–Crippen MR) is 94.2 cm³/mol. The molecular formula is C17H24ClN5. The van der Waals surface area contributed by atoms with Crippen LogP contribution in [0.1, 0.15) is 37.8 Å². The summed E-state index contributed by atoms with van der Waals surface area (Å²) in [5.41, 5.74) is 8.27. The van der Waals surface area contributed by atoms with Crippen molar-refractivity contribution in [3.05, 3.63) is 29.2 Å². The van der Waals surface area contributed by atoms with E-state index in [1.807, 2.05) is 25.5 Å². The topological polar surface area (TPSA) is 49.8 Å². The summed E-state index contributed by atoms with van der Waals surface area (Å²) >= 11 is 6.41. The first-order chi connectivity index (χ1) is 11.1. The molecule has 0 amide bonds. The predicted octanol–water partition coefficient (Wildman–Crippen LogP) is 2.68. The van der Waals surface area contributed by atoms with Gasteiger partial charge < -0.3 is 10.6 Å². The van der Waals surface area contributed by atoms with Gasteiger partial charge in [-0.25, -0.2) is 4.98 Å². The number of hydrogen-bond acceptors (Lipinski definition) is 4. The molecule has 2 aromatic heterocycles. The second kappa shape index (κ2) is 5.96. The Morgan fingerprint density at radius 2 is 2.00 bits per heavy atom. The van der Waals surface area contributed by atoms with Gasteiger partial charge in [0.15, 0.2) is 0 Å². The van der Waals surface area contributed by atoms with Gasteiger partial charge in [0.25, 0.3) is 0 Å². The maximum absolute atomic E-state index is 6.41. The number of anilines is 1. The van der Waals surface area contributed by atoms with Gasteiger partial charge in [-0.3, -0.25) is 9.30 Å². The number of fused-ring (bicyclic) bond motifs is 1. The number of nitrogens with zero attached hydrogens (tertiary/aromatic N) is 4. The third-order valence-electron chi connectivity index (χ3n) is 5.35. The van der Waals surface area contributed by atoms with E-state index in [1.54, 1.807) is 0 Å². The molecule has 2 aromatic rings. The Morgan fingerprint density at radius 3 is 2.61 bits per heavy atom. The fourth-order valence-corrected chi connectivity index (χ4v) is 4.03. The van der Waals surface area contributed by atoms with Crippen molar-refractivity contribution in [2.45, 2.75) is 38.3 Å². The number of nitrogens with two attached hydrogens (primary N) is 1. The second-order valence-electron chi connectivity index (χ2n) is 6.82. The molecule has 0 radical (unpaired) electrons. The lowest BCUT2D eigenvalue weighted by Crippen LogP contribution is -2.52. The largest absolute Gasteiger partial charge is 0.355 e. The van der Waals surface area contributed by atoms with Crippen molar-refractivity contribution in [1.82, 2.24) is 14.3 Å². The van der Waals surface area contributed by atoms with Gasteiger partial charge in [-0.2, -0.15) is 0 Å². The molecule has 124 valence electrons. The average Bonchev–Trinajstić information content (AvgIpc) is 2.96. The van der Waals surface area contributed by atoms with Crippen LogP contribution < -0.4 is 10.6 Å². The minimum atomic E-state index is -0.0565. The number of imidazole rings is 1. The lowest BCUT2D eigenvalue weighted by molar-refractivity contribution is 0.120. The molecule has 1 atom stereocenters. The highest BCUT2D eigenvalue weighted by Crippen LogP contribution is 2.33. The highest BCUT2D eigenvalue weighted by atomic mass is 35.5. The van der Waals surface area contributed by atoms with E-state index >= 15 is 0 Å². The lowest BCUT2D eigenvalue weighted by atomic mass is 9.91. The van der Waals surface area contributed by atoms with Gasteiger partial charge in [0.1, 0.15) is 12.1 Å². The van der Waals surface area contributed by atoms with Crippen molar-refractivity contribution in [3.8, 4) is 0 Å². The molecule has 23 heavy (non-hydrogen) atoms. The number of aromatic nitrogens is 2. The Kier molecular flexibility index (Phi) is 3.95. The van der Waals surface area contributed by atoms with Crippen molar-refractivity contribution in [3.63, 3.8) is 0 Å². The molecule has 1 unspecified atom stereocenters. The summed E-state index contributed by atoms with van der Waals surface area (Å²) < 4.78 is 2.10. The molecule has 5 nitrogen and oxygen atoms in total. The maximum Gasteiger partial charge on any atom is 0.119 e. The van der Waals surface area contributed by atoms with Crippen LogP contribution in [0.3, 0.4) is 0 Å². The Balaban J connectivity index is 1.66. The molecule has 1 saturated carbocycles. The molecule has 4 rings (SSSR count). The third kappa shape index (κ3) is 2.61. The molecule has 0 aromatic carbocycles. The first-order valence-electron chi connectivity index (χ1n) is 8.54. The maximum atomic E-state index is 6.41. The Bertz CT molecular complexity index is 698. The van der Waals surface area contributed by atoms with Gasteiger partial charge in [-0.1, -0.05) is 18.0 Å². The summed E-state index contributed by atoms with van der Waals surface area (Å²) in [6.45, 7) is 6.34. The monoisotopic (exact) mass is 333 g/mol. The SMILES string of the molecule is CC(N)c1cc(Cl)c2cncn2c1N1CCN(C2CCC2)CC1. The second-order valence-corrected chi connectivity index (χ2v) is 7.22. The van der Waals surface area contributed by atoms with Crippen LogP contribution in [0.4, 0.5) is 5.82 Å². The fraction of sp³-hybridized carbons (Fsp3) is 0.588. The summed E-state index contributed by atoms with van der Waals surface area (Å²) in [5.74, 6) is 1.16. The number of piperazine rings is 1. The van der Waals surface area contributed by atoms with Gasteiger partial charge in [0, 0.05) is 43.8 Å². The lowest BCUT2D eigenvalue weighted by Gasteiger charge is -2.44. The smallest absolute Gasteiger partial charge is 0.119 e. The minimum Gasteiger partial charge on any atom is -0.355 e. The third-order valence-corrected chi connectivity index (χ3v) is 5.65.